The summed E-state index contributed by atoms with van der Waals surface area (Å²) >= 11 is 1.97. The molecule has 0 saturated heterocycles. The van der Waals surface area contributed by atoms with E-state index in [9.17, 15) is 0 Å². The lowest BCUT2D eigenvalue weighted by molar-refractivity contribution is 0.590. The molecule has 3 heterocycles. The molecule has 2 aliphatic heterocycles. The second-order valence-corrected chi connectivity index (χ2v) is 23.4. The molecule has 1 aromatic heterocycles. The Bertz CT molecular complexity index is 3910. The molecule has 13 rings (SSSR count). The highest BCUT2D eigenvalue weighted by Gasteiger charge is 2.45. The molecule has 0 fully saturated rings. The fourth-order valence-corrected chi connectivity index (χ4v) is 13.0. The molecule has 0 bridgehead atoms. The molecule has 2 nitrogen and oxygen atoms in total. The molecule has 0 amide bonds. The van der Waals surface area contributed by atoms with Gasteiger partial charge in [-0.15, -0.1) is 11.3 Å². The lowest BCUT2D eigenvalue weighted by Crippen LogP contribution is -2.60. The van der Waals surface area contributed by atoms with Gasteiger partial charge in [0.05, 0.1) is 11.4 Å². The summed E-state index contributed by atoms with van der Waals surface area (Å²) in [5.74, 6) is 0.439. The van der Waals surface area contributed by atoms with E-state index in [0.29, 0.717) is 5.92 Å². The molecule has 0 saturated carbocycles. The first-order valence-corrected chi connectivity index (χ1v) is 26.2. The van der Waals surface area contributed by atoms with Crippen molar-refractivity contribution in [1.82, 2.24) is 0 Å². The van der Waals surface area contributed by atoms with Gasteiger partial charge in [0.15, 0.2) is 0 Å². The predicted octanol–water partition coefficient (Wildman–Crippen LogP) is 17.5. The molecular weight excluding hydrogens is 876 g/mol. The van der Waals surface area contributed by atoms with Crippen molar-refractivity contribution in [1.29, 1.82) is 0 Å². The molecule has 0 N–H and O–H groups in total. The van der Waals surface area contributed by atoms with Gasteiger partial charge in [-0.05, 0) is 154 Å². The van der Waals surface area contributed by atoms with Crippen LogP contribution >= 0.6 is 11.3 Å². The van der Waals surface area contributed by atoms with Crippen molar-refractivity contribution in [2.24, 2.45) is 0 Å². The van der Waals surface area contributed by atoms with E-state index in [1.807, 2.05) is 11.3 Å². The van der Waals surface area contributed by atoms with Gasteiger partial charge in [-0.3, -0.25) is 0 Å². The Labute approximate surface area is 422 Å². The highest BCUT2D eigenvalue weighted by Crippen LogP contribution is 2.51. The first kappa shape index (κ1) is 43.6. The van der Waals surface area contributed by atoms with Gasteiger partial charge in [0.2, 0.25) is 0 Å². The summed E-state index contributed by atoms with van der Waals surface area (Å²) in [6, 6.07) is 74.2. The van der Waals surface area contributed by atoms with Crippen molar-refractivity contribution in [3.05, 3.63) is 211 Å². The molecule has 11 aromatic rings. The van der Waals surface area contributed by atoms with Gasteiger partial charge in [-0.25, -0.2) is 0 Å². The zero-order valence-corrected chi connectivity index (χ0v) is 42.7. The predicted molar refractivity (Wildman–Crippen MR) is 311 cm³/mol. The molecule has 4 heteroatoms. The number of fused-ring (bicyclic) bond motifs is 12. The largest absolute Gasteiger partial charge is 0.311 e. The number of thiophene rings is 1. The minimum absolute atomic E-state index is 0.00118. The van der Waals surface area contributed by atoms with Crippen molar-refractivity contribution in [3.63, 3.8) is 0 Å². The SMILES string of the molecule is CC(C)c1ccc(N2c3cccc4c3B(c3cc(-c5ccccc5)ccc3N4c3ccc(C(C)(C)C)cc3-c3ccc4c5ccccc5c5ccccc5c4c3)c3sc4ccc(C(C)(C)C)cc4c32)cc1. The standard InChI is InChI=1S/C67H57BN2S/c1-41(2)42-25-31-48(32-26-42)69-60-23-16-24-61-63(60)68(65-64(69)56-40-47(67(6,7)8)30-36-62(56)71-65)57-38-44(43-17-10-9-11-18-43)28-34-59(57)70(61)58-35-29-46(66(3,4)5)39-54(58)45-27-33-53-51-21-13-12-19-49(51)50-20-14-15-22-52(50)55(53)37-45/h9-41H,1-8H3. The zero-order chi connectivity index (χ0) is 48.5. The molecule has 0 spiro atoms. The Balaban J connectivity index is 1.11. The van der Waals surface area contributed by atoms with Crippen LogP contribution < -0.4 is 25.5 Å². The Morgan fingerprint density at radius 2 is 1.00 bits per heavy atom. The van der Waals surface area contributed by atoms with Gasteiger partial charge in [0.25, 0.3) is 6.71 Å². The van der Waals surface area contributed by atoms with Crippen molar-refractivity contribution in [2.75, 3.05) is 9.80 Å². The van der Waals surface area contributed by atoms with Gasteiger partial charge in [-0.2, -0.15) is 0 Å². The second-order valence-electron chi connectivity index (χ2n) is 22.3. The quantitative estimate of drug-likeness (QED) is 0.125. The monoisotopic (exact) mass is 932 g/mol. The number of hydrogen-bond acceptors (Lipinski definition) is 3. The lowest BCUT2D eigenvalue weighted by Gasteiger charge is -2.43. The fraction of sp³-hybridized carbons (Fsp3) is 0.164. The second kappa shape index (κ2) is 16.1. The topological polar surface area (TPSA) is 6.48 Å². The number of nitrogens with zero attached hydrogens (tertiary/aromatic N) is 2. The summed E-state index contributed by atoms with van der Waals surface area (Å²) in [5, 5.41) is 9.03. The smallest absolute Gasteiger partial charge is 0.264 e. The van der Waals surface area contributed by atoms with E-state index in [4.69, 9.17) is 0 Å². The third kappa shape index (κ3) is 6.90. The Morgan fingerprint density at radius 3 is 1.66 bits per heavy atom. The van der Waals surface area contributed by atoms with Crippen LogP contribution in [0.2, 0.25) is 0 Å². The molecule has 0 radical (unpaired) electrons. The third-order valence-corrected chi connectivity index (χ3v) is 16.8. The summed E-state index contributed by atoms with van der Waals surface area (Å²) in [7, 11) is 0. The summed E-state index contributed by atoms with van der Waals surface area (Å²) in [6.07, 6.45) is 0. The maximum absolute atomic E-state index is 2.61. The number of rotatable bonds is 5. The van der Waals surface area contributed by atoms with Crippen molar-refractivity contribution in [3.8, 4) is 22.3 Å². The summed E-state index contributed by atoms with van der Waals surface area (Å²) in [6.45, 7) is 18.6. The van der Waals surface area contributed by atoms with Crippen LogP contribution in [0.1, 0.15) is 78.0 Å². The van der Waals surface area contributed by atoms with Crippen LogP contribution in [0.25, 0.3) is 64.7 Å². The highest BCUT2D eigenvalue weighted by atomic mass is 32.1. The molecule has 0 atom stereocenters. The van der Waals surface area contributed by atoms with Crippen LogP contribution in [0.5, 0.6) is 0 Å². The molecular formula is C67H57BN2S. The van der Waals surface area contributed by atoms with Crippen molar-refractivity contribution in [2.45, 2.75) is 72.1 Å². The molecule has 0 unspecified atom stereocenters. The summed E-state index contributed by atoms with van der Waals surface area (Å²) in [4.78, 5) is 5.21. The van der Waals surface area contributed by atoms with E-state index in [0.717, 1.165) is 0 Å². The normalized spacial score (nSPS) is 13.4. The summed E-state index contributed by atoms with van der Waals surface area (Å²) in [5.41, 5.74) is 18.8. The van der Waals surface area contributed by atoms with Crippen LogP contribution in [-0.4, -0.2) is 6.71 Å². The molecule has 10 aromatic carbocycles. The minimum atomic E-state index is -0.0650. The van der Waals surface area contributed by atoms with Gasteiger partial charge in [-0.1, -0.05) is 189 Å². The van der Waals surface area contributed by atoms with E-state index >= 15 is 0 Å². The number of benzene rings is 10. The zero-order valence-electron chi connectivity index (χ0n) is 41.9. The van der Waals surface area contributed by atoms with Crippen molar-refractivity contribution < 1.29 is 0 Å². The van der Waals surface area contributed by atoms with Crippen LogP contribution in [0.4, 0.5) is 34.1 Å². The molecule has 0 aliphatic carbocycles. The highest BCUT2D eigenvalue weighted by molar-refractivity contribution is 7.33. The Hall–Kier alpha value is -7.40. The van der Waals surface area contributed by atoms with E-state index in [1.165, 1.54) is 131 Å². The van der Waals surface area contributed by atoms with Crippen LogP contribution in [0, 0.1) is 0 Å². The van der Waals surface area contributed by atoms with Crippen LogP contribution in [0.15, 0.2) is 194 Å². The Kier molecular flexibility index (Phi) is 9.87. The first-order valence-electron chi connectivity index (χ1n) is 25.4. The number of hydrogen-bond donors (Lipinski definition) is 0. The van der Waals surface area contributed by atoms with E-state index < -0.39 is 0 Å². The third-order valence-electron chi connectivity index (χ3n) is 15.5. The lowest BCUT2D eigenvalue weighted by atomic mass is 9.36. The fourth-order valence-electron chi connectivity index (χ4n) is 11.7. The average molecular weight is 933 g/mol. The van der Waals surface area contributed by atoms with Crippen LogP contribution in [0.3, 0.4) is 0 Å². The molecule has 71 heavy (non-hydrogen) atoms. The van der Waals surface area contributed by atoms with E-state index in [-0.39, 0.29) is 17.5 Å². The molecule has 2 aliphatic rings. The van der Waals surface area contributed by atoms with Gasteiger partial charge < -0.3 is 9.80 Å². The van der Waals surface area contributed by atoms with E-state index in [1.54, 1.807) is 0 Å². The van der Waals surface area contributed by atoms with Gasteiger partial charge >= 0.3 is 0 Å². The van der Waals surface area contributed by atoms with Crippen molar-refractivity contribution >= 4 is 110 Å². The molecule has 344 valence electrons. The first-order chi connectivity index (χ1) is 34.3. The van der Waals surface area contributed by atoms with Crippen LogP contribution in [-0.2, 0) is 10.8 Å². The summed E-state index contributed by atoms with van der Waals surface area (Å²) < 4.78 is 2.71. The maximum atomic E-state index is 2.61. The van der Waals surface area contributed by atoms with Gasteiger partial charge in [0.1, 0.15) is 0 Å². The van der Waals surface area contributed by atoms with Gasteiger partial charge in [0, 0.05) is 43.2 Å². The maximum Gasteiger partial charge on any atom is 0.264 e. The average Bonchev–Trinajstić information content (AvgIpc) is 3.77. The van der Waals surface area contributed by atoms with E-state index in [2.05, 4.69) is 259 Å². The Morgan fingerprint density at radius 1 is 0.423 bits per heavy atom. The number of anilines is 6. The minimum Gasteiger partial charge on any atom is -0.311 e.